The molecule has 3 aromatic heterocycles. The van der Waals surface area contributed by atoms with Crippen molar-refractivity contribution in [1.82, 2.24) is 15.0 Å². The number of nitrogens with zero attached hydrogens (tertiary/aromatic N) is 3. The first kappa shape index (κ1) is 28.0. The van der Waals surface area contributed by atoms with E-state index in [1.807, 2.05) is 6.07 Å². The van der Waals surface area contributed by atoms with Crippen LogP contribution in [0.2, 0.25) is 5.02 Å². The second kappa shape index (κ2) is 11.2. The van der Waals surface area contributed by atoms with Crippen molar-refractivity contribution in [3.63, 3.8) is 0 Å². The molecule has 1 aromatic carbocycles. The largest absolute Gasteiger partial charge is 0.480 e. The molecule has 1 aliphatic carbocycles. The number of rotatable bonds is 8. The fraction of sp³-hybridized carbons (Fsp3) is 0.207. The van der Waals surface area contributed by atoms with Crippen LogP contribution in [0, 0.1) is 0 Å². The molecular weight excluding hydrogens is 563 g/mol. The van der Waals surface area contributed by atoms with E-state index in [2.05, 4.69) is 15.0 Å². The summed E-state index contributed by atoms with van der Waals surface area (Å²) in [6.45, 7) is 0. The molecule has 1 aliphatic rings. The highest BCUT2D eigenvalue weighted by atomic mass is 35.5. The molecule has 8 nitrogen and oxygen atoms in total. The third-order valence-corrected chi connectivity index (χ3v) is 7.09. The lowest BCUT2D eigenvalue weighted by Gasteiger charge is -2.19. The second-order valence-electron chi connectivity index (χ2n) is 9.01. The van der Waals surface area contributed by atoms with Gasteiger partial charge >= 0.3 is 6.18 Å². The molecule has 0 fully saturated rings. The highest BCUT2D eigenvalue weighted by molar-refractivity contribution is 6.35. The van der Waals surface area contributed by atoms with Crippen LogP contribution in [-0.2, 0) is 12.6 Å². The molecule has 0 bridgehead atoms. The number of carbonyl (C=O) groups is 2. The van der Waals surface area contributed by atoms with Gasteiger partial charge in [-0.25, -0.2) is 4.98 Å². The molecule has 0 aliphatic heterocycles. The van der Waals surface area contributed by atoms with Gasteiger partial charge in [0.2, 0.25) is 17.6 Å². The zero-order valence-corrected chi connectivity index (χ0v) is 22.4. The third kappa shape index (κ3) is 5.20. The van der Waals surface area contributed by atoms with E-state index in [0.29, 0.717) is 58.3 Å². The zero-order chi connectivity index (χ0) is 29.3. The lowest BCUT2D eigenvalue weighted by Crippen LogP contribution is -2.14. The van der Waals surface area contributed by atoms with Gasteiger partial charge in [0.1, 0.15) is 11.7 Å². The van der Waals surface area contributed by atoms with Crippen LogP contribution < -0.4 is 14.2 Å². The maximum absolute atomic E-state index is 13.8. The number of fused-ring (bicyclic) bond motifs is 1. The summed E-state index contributed by atoms with van der Waals surface area (Å²) in [7, 11) is 2.61. The lowest BCUT2D eigenvalue weighted by molar-refractivity contribution is -0.139. The summed E-state index contributed by atoms with van der Waals surface area (Å²) in [4.78, 5) is 35.3. The summed E-state index contributed by atoms with van der Waals surface area (Å²) in [6, 6.07) is 10.9. The summed E-state index contributed by atoms with van der Waals surface area (Å²) in [5, 5.41) is 0.300. The van der Waals surface area contributed by atoms with Gasteiger partial charge in [0.15, 0.2) is 12.6 Å². The molecule has 0 unspecified atom stereocenters. The molecule has 4 aromatic rings. The van der Waals surface area contributed by atoms with E-state index in [1.54, 1.807) is 36.5 Å². The van der Waals surface area contributed by atoms with Crippen molar-refractivity contribution in [2.45, 2.75) is 25.1 Å². The first-order valence-electron chi connectivity index (χ1n) is 12.3. The Kier molecular flexibility index (Phi) is 7.63. The summed E-state index contributed by atoms with van der Waals surface area (Å²) >= 11 is 6.83. The maximum atomic E-state index is 13.8. The van der Waals surface area contributed by atoms with Crippen molar-refractivity contribution >= 4 is 24.2 Å². The van der Waals surface area contributed by atoms with Gasteiger partial charge in [-0.2, -0.15) is 18.2 Å². The van der Waals surface area contributed by atoms with Gasteiger partial charge in [0.25, 0.3) is 0 Å². The molecule has 0 saturated heterocycles. The third-order valence-electron chi connectivity index (χ3n) is 6.71. The molecule has 5 rings (SSSR count). The summed E-state index contributed by atoms with van der Waals surface area (Å²) < 4.78 is 57.6. The van der Waals surface area contributed by atoms with E-state index in [-0.39, 0.29) is 29.2 Å². The fourth-order valence-corrected chi connectivity index (χ4v) is 5.13. The standard InChI is InChI=1S/C29H21ClF3N3O5/c1-39-26-15(13-37)6-8-22(35-26)20-10-11-34-25(24(20)30)19-5-3-4-18-17(19)7-9-23(18)41-28-21(29(31,32)33)12-16(14-38)27(36-28)40-2/h3-6,8,10-14,23H,7,9H2,1-2H3/t23-/m0/s1. The van der Waals surface area contributed by atoms with Crippen LogP contribution in [0.25, 0.3) is 22.5 Å². The number of halogens is 4. The Morgan fingerprint density at radius 3 is 2.34 bits per heavy atom. The molecular formula is C29H21ClF3N3O5. The number of aromatic nitrogens is 3. The van der Waals surface area contributed by atoms with Crippen LogP contribution in [0.4, 0.5) is 13.2 Å². The summed E-state index contributed by atoms with van der Waals surface area (Å²) in [5.41, 5.74) is 2.41. The molecule has 0 amide bonds. The quantitative estimate of drug-likeness (QED) is 0.214. The minimum absolute atomic E-state index is 0.150. The lowest BCUT2D eigenvalue weighted by atomic mass is 9.98. The Morgan fingerprint density at radius 2 is 1.66 bits per heavy atom. The molecule has 210 valence electrons. The van der Waals surface area contributed by atoms with E-state index < -0.39 is 23.7 Å². The Morgan fingerprint density at radius 1 is 0.927 bits per heavy atom. The molecule has 0 saturated carbocycles. The number of hydrogen-bond acceptors (Lipinski definition) is 8. The predicted octanol–water partition coefficient (Wildman–Crippen LogP) is 6.59. The van der Waals surface area contributed by atoms with Crippen LogP contribution in [0.5, 0.6) is 17.6 Å². The number of pyridine rings is 3. The van der Waals surface area contributed by atoms with Gasteiger partial charge in [-0.05, 0) is 48.2 Å². The van der Waals surface area contributed by atoms with Crippen molar-refractivity contribution in [1.29, 1.82) is 0 Å². The normalized spacial score (nSPS) is 14.3. The van der Waals surface area contributed by atoms with E-state index >= 15 is 0 Å². The van der Waals surface area contributed by atoms with Gasteiger partial charge < -0.3 is 14.2 Å². The van der Waals surface area contributed by atoms with Crippen molar-refractivity contribution < 1.29 is 37.0 Å². The number of methoxy groups -OCH3 is 2. The minimum Gasteiger partial charge on any atom is -0.480 e. The van der Waals surface area contributed by atoms with E-state index in [9.17, 15) is 22.8 Å². The zero-order valence-electron chi connectivity index (χ0n) is 21.7. The highest BCUT2D eigenvalue weighted by Crippen LogP contribution is 2.45. The van der Waals surface area contributed by atoms with Crippen LogP contribution in [0.15, 0.2) is 48.7 Å². The van der Waals surface area contributed by atoms with Crippen LogP contribution in [-0.4, -0.2) is 41.7 Å². The number of aldehydes is 2. The van der Waals surface area contributed by atoms with Crippen molar-refractivity contribution in [3.05, 3.63) is 81.5 Å². The average Bonchev–Trinajstić information content (AvgIpc) is 3.39. The van der Waals surface area contributed by atoms with Gasteiger partial charge in [0.05, 0.1) is 41.8 Å². The van der Waals surface area contributed by atoms with Crippen LogP contribution in [0.3, 0.4) is 0 Å². The molecule has 41 heavy (non-hydrogen) atoms. The van der Waals surface area contributed by atoms with Gasteiger partial charge in [-0.15, -0.1) is 0 Å². The molecule has 1 atom stereocenters. The first-order chi connectivity index (χ1) is 19.7. The fourth-order valence-electron chi connectivity index (χ4n) is 4.82. The van der Waals surface area contributed by atoms with Gasteiger partial charge in [0, 0.05) is 17.3 Å². The first-order valence-corrected chi connectivity index (χ1v) is 12.6. The smallest absolute Gasteiger partial charge is 0.421 e. The summed E-state index contributed by atoms with van der Waals surface area (Å²) in [5.74, 6) is -0.800. The number of carbonyl (C=O) groups excluding carboxylic acids is 2. The Bertz CT molecular complexity index is 1660. The molecule has 3 heterocycles. The predicted molar refractivity (Wildman–Crippen MR) is 143 cm³/mol. The highest BCUT2D eigenvalue weighted by Gasteiger charge is 2.38. The minimum atomic E-state index is -4.81. The number of alkyl halides is 3. The van der Waals surface area contributed by atoms with Gasteiger partial charge in [-0.1, -0.05) is 29.8 Å². The SMILES string of the molecule is COc1nc(-c2ccnc(-c3cccc4c3CC[C@@H]4Oc3nc(OC)c(C=O)cc3C(F)(F)F)c2Cl)ccc1C=O. The monoisotopic (exact) mass is 583 g/mol. The Hall–Kier alpha value is -4.51. The number of hydrogen-bond donors (Lipinski definition) is 0. The van der Waals surface area contributed by atoms with Crippen molar-refractivity contribution in [2.24, 2.45) is 0 Å². The Balaban J connectivity index is 1.54. The second-order valence-corrected chi connectivity index (χ2v) is 9.39. The van der Waals surface area contributed by atoms with Crippen molar-refractivity contribution in [3.8, 4) is 40.2 Å². The van der Waals surface area contributed by atoms with Crippen LogP contribution in [0.1, 0.15) is 49.9 Å². The molecule has 0 N–H and O–H groups in total. The molecule has 0 spiro atoms. The summed E-state index contributed by atoms with van der Waals surface area (Å²) in [6.07, 6.45) is -2.27. The number of benzene rings is 1. The molecule has 12 heteroatoms. The topological polar surface area (TPSA) is 100 Å². The maximum Gasteiger partial charge on any atom is 0.421 e. The Labute approximate surface area is 237 Å². The van der Waals surface area contributed by atoms with Crippen LogP contribution >= 0.6 is 11.6 Å². The average molecular weight is 584 g/mol. The van der Waals surface area contributed by atoms with Gasteiger partial charge in [-0.3, -0.25) is 14.6 Å². The number of ether oxygens (including phenoxy) is 3. The van der Waals surface area contributed by atoms with E-state index in [0.717, 1.165) is 5.56 Å². The van der Waals surface area contributed by atoms with E-state index in [1.165, 1.54) is 14.2 Å². The van der Waals surface area contributed by atoms with E-state index in [4.69, 9.17) is 25.8 Å². The van der Waals surface area contributed by atoms with Crippen molar-refractivity contribution in [2.75, 3.05) is 14.2 Å². The molecule has 0 radical (unpaired) electrons.